The van der Waals surface area contributed by atoms with Crippen LogP contribution in [0.1, 0.15) is 19.4 Å². The van der Waals surface area contributed by atoms with Crippen molar-refractivity contribution in [1.29, 1.82) is 0 Å². The summed E-state index contributed by atoms with van der Waals surface area (Å²) in [6, 6.07) is 8.66. The Kier molecular flexibility index (Phi) is 5.89. The Balaban J connectivity index is 1.45. The molecule has 31 heavy (non-hydrogen) atoms. The second kappa shape index (κ2) is 8.61. The Morgan fingerprint density at radius 2 is 1.65 bits per heavy atom. The molecule has 1 amide bonds. The number of aryl methyl sites for hydroxylation is 1. The minimum atomic E-state index is -0.409. The summed E-state index contributed by atoms with van der Waals surface area (Å²) in [6.07, 6.45) is -0.325. The molecule has 2 aromatic carbocycles. The molecule has 166 valence electrons. The molecule has 0 N–H and O–H groups in total. The summed E-state index contributed by atoms with van der Waals surface area (Å²) in [5.41, 5.74) is 2.67. The van der Waals surface area contributed by atoms with Crippen molar-refractivity contribution < 1.29 is 9.53 Å². The average Bonchev–Trinajstić information content (AvgIpc) is 2.77. The van der Waals surface area contributed by atoms with Gasteiger partial charge in [-0.3, -0.25) is 9.59 Å². The molecule has 2 aliphatic rings. The molecule has 0 bridgehead atoms. The number of amides is 1. The first-order chi connectivity index (χ1) is 14.9. The molecule has 2 fully saturated rings. The van der Waals surface area contributed by atoms with Crippen LogP contribution in [0, 0.1) is 6.92 Å². The fourth-order valence-corrected chi connectivity index (χ4v) is 4.63. The SMILES string of the molecule is CCOC(=O)N1CCN(c2c(N3CCN(c4cccc(C)c4)C(C)C3)c(=O)c2=O)CC1. The van der Waals surface area contributed by atoms with Crippen LogP contribution in [0.3, 0.4) is 0 Å². The third-order valence-corrected chi connectivity index (χ3v) is 6.26. The second-order valence-corrected chi connectivity index (χ2v) is 8.36. The molecule has 2 aromatic rings. The van der Waals surface area contributed by atoms with Crippen LogP contribution in [0.25, 0.3) is 0 Å². The fourth-order valence-electron chi connectivity index (χ4n) is 4.63. The van der Waals surface area contributed by atoms with Crippen LogP contribution in [-0.4, -0.2) is 69.5 Å². The molecule has 4 rings (SSSR count). The van der Waals surface area contributed by atoms with Crippen LogP contribution in [-0.2, 0) is 4.74 Å². The van der Waals surface area contributed by atoms with Gasteiger partial charge in [-0.15, -0.1) is 0 Å². The van der Waals surface area contributed by atoms with E-state index in [1.54, 1.807) is 11.8 Å². The molecule has 1 atom stereocenters. The fraction of sp³-hybridized carbons (Fsp3) is 0.522. The molecule has 0 radical (unpaired) electrons. The van der Waals surface area contributed by atoms with Gasteiger partial charge in [-0.2, -0.15) is 0 Å². The van der Waals surface area contributed by atoms with Crippen LogP contribution in [0.15, 0.2) is 33.9 Å². The lowest BCUT2D eigenvalue weighted by atomic mass is 10.1. The number of ether oxygens (including phenoxy) is 1. The zero-order chi connectivity index (χ0) is 22.1. The Bertz CT molecular complexity index is 1020. The predicted molar refractivity (Wildman–Crippen MR) is 122 cm³/mol. The molecule has 8 heteroatoms. The van der Waals surface area contributed by atoms with E-state index in [1.165, 1.54) is 11.3 Å². The van der Waals surface area contributed by atoms with Crippen molar-refractivity contribution in [3.05, 3.63) is 50.3 Å². The van der Waals surface area contributed by atoms with Gasteiger partial charge < -0.3 is 24.3 Å². The summed E-state index contributed by atoms with van der Waals surface area (Å²) in [6.45, 7) is 10.5. The maximum absolute atomic E-state index is 12.5. The Morgan fingerprint density at radius 3 is 2.26 bits per heavy atom. The molecule has 2 aliphatic heterocycles. The third kappa shape index (κ3) is 3.98. The van der Waals surface area contributed by atoms with Crippen molar-refractivity contribution in [2.24, 2.45) is 0 Å². The Labute approximate surface area is 182 Å². The summed E-state index contributed by atoms with van der Waals surface area (Å²) in [4.78, 5) is 44.9. The van der Waals surface area contributed by atoms with Gasteiger partial charge in [-0.25, -0.2) is 4.79 Å². The number of carbonyl (C=O) groups is 1. The van der Waals surface area contributed by atoms with E-state index in [9.17, 15) is 14.4 Å². The minimum Gasteiger partial charge on any atom is -0.450 e. The number of hydrogen-bond acceptors (Lipinski definition) is 7. The first-order valence-electron chi connectivity index (χ1n) is 11.0. The number of hydrogen-bond donors (Lipinski definition) is 0. The lowest BCUT2D eigenvalue weighted by Gasteiger charge is -2.44. The maximum atomic E-state index is 12.5. The number of piperazine rings is 2. The van der Waals surface area contributed by atoms with E-state index >= 15 is 0 Å². The first kappa shape index (κ1) is 21.2. The topological polar surface area (TPSA) is 73.4 Å². The number of anilines is 3. The molecule has 0 spiro atoms. The van der Waals surface area contributed by atoms with Crippen molar-refractivity contribution >= 4 is 23.2 Å². The summed E-state index contributed by atoms with van der Waals surface area (Å²) in [5, 5.41) is 0. The quantitative estimate of drug-likeness (QED) is 0.688. The maximum Gasteiger partial charge on any atom is 0.409 e. The van der Waals surface area contributed by atoms with Gasteiger partial charge in [0, 0.05) is 57.5 Å². The number of benzene rings is 1. The van der Waals surface area contributed by atoms with E-state index in [2.05, 4.69) is 47.9 Å². The van der Waals surface area contributed by atoms with Crippen molar-refractivity contribution in [2.75, 3.05) is 67.1 Å². The van der Waals surface area contributed by atoms with Gasteiger partial charge in [0.15, 0.2) is 0 Å². The molecule has 0 saturated carbocycles. The highest BCUT2D eigenvalue weighted by Gasteiger charge is 2.35. The van der Waals surface area contributed by atoms with Crippen molar-refractivity contribution in [1.82, 2.24) is 4.90 Å². The third-order valence-electron chi connectivity index (χ3n) is 6.26. The van der Waals surface area contributed by atoms with E-state index < -0.39 is 5.43 Å². The number of carbonyl (C=O) groups excluding carboxylic acids is 1. The lowest BCUT2D eigenvalue weighted by Crippen LogP contribution is -2.58. The zero-order valence-electron chi connectivity index (χ0n) is 18.5. The normalized spacial score (nSPS) is 19.8. The Morgan fingerprint density at radius 1 is 1.00 bits per heavy atom. The zero-order valence-corrected chi connectivity index (χ0v) is 18.5. The highest BCUT2D eigenvalue weighted by atomic mass is 16.6. The molecule has 1 unspecified atom stereocenters. The highest BCUT2D eigenvalue weighted by molar-refractivity contribution is 5.77. The van der Waals surface area contributed by atoms with Gasteiger partial charge in [-0.1, -0.05) is 12.1 Å². The van der Waals surface area contributed by atoms with Crippen molar-refractivity contribution in [3.63, 3.8) is 0 Å². The summed E-state index contributed by atoms with van der Waals surface area (Å²) in [7, 11) is 0. The lowest BCUT2D eigenvalue weighted by molar-refractivity contribution is 0.105. The smallest absolute Gasteiger partial charge is 0.409 e. The molecule has 2 saturated heterocycles. The van der Waals surface area contributed by atoms with Gasteiger partial charge in [0.25, 0.3) is 10.9 Å². The van der Waals surface area contributed by atoms with Crippen LogP contribution < -0.4 is 25.6 Å². The van der Waals surface area contributed by atoms with Gasteiger partial charge in [-0.05, 0) is 38.5 Å². The van der Waals surface area contributed by atoms with Gasteiger partial charge in [0.2, 0.25) is 0 Å². The molecule has 2 heterocycles. The number of rotatable bonds is 4. The first-order valence-corrected chi connectivity index (χ1v) is 11.0. The average molecular weight is 427 g/mol. The number of nitrogens with zero attached hydrogens (tertiary/aromatic N) is 4. The largest absolute Gasteiger partial charge is 0.450 e. The highest BCUT2D eigenvalue weighted by Crippen LogP contribution is 2.29. The molecule has 0 aromatic heterocycles. The standard InChI is InChI=1S/C23H30N4O4/c1-4-31-23(30)25-10-8-24(9-11-25)19-20(22(29)21(19)28)26-12-13-27(17(3)15-26)18-7-5-6-16(2)14-18/h5-7,14,17H,4,8-13,15H2,1-3H3. The van der Waals surface area contributed by atoms with Crippen LogP contribution >= 0.6 is 0 Å². The predicted octanol–water partition coefficient (Wildman–Crippen LogP) is 1.58. The molecule has 0 aliphatic carbocycles. The molecule has 8 nitrogen and oxygen atoms in total. The van der Waals surface area contributed by atoms with Gasteiger partial charge in [0.05, 0.1) is 6.61 Å². The van der Waals surface area contributed by atoms with E-state index in [-0.39, 0.29) is 17.6 Å². The summed E-state index contributed by atoms with van der Waals surface area (Å²) < 4.78 is 5.06. The van der Waals surface area contributed by atoms with E-state index in [0.29, 0.717) is 57.3 Å². The second-order valence-electron chi connectivity index (χ2n) is 8.36. The molecular weight excluding hydrogens is 396 g/mol. The van der Waals surface area contributed by atoms with E-state index in [1.807, 2.05) is 4.90 Å². The minimum absolute atomic E-state index is 0.216. The van der Waals surface area contributed by atoms with E-state index in [0.717, 1.165) is 6.54 Å². The van der Waals surface area contributed by atoms with Crippen LogP contribution in [0.2, 0.25) is 0 Å². The van der Waals surface area contributed by atoms with Crippen LogP contribution in [0.5, 0.6) is 0 Å². The van der Waals surface area contributed by atoms with Crippen LogP contribution in [0.4, 0.5) is 21.9 Å². The monoisotopic (exact) mass is 426 g/mol. The van der Waals surface area contributed by atoms with Gasteiger partial charge >= 0.3 is 6.09 Å². The summed E-state index contributed by atoms with van der Waals surface area (Å²) >= 11 is 0. The summed E-state index contributed by atoms with van der Waals surface area (Å²) in [5.74, 6) is 0. The van der Waals surface area contributed by atoms with Crippen molar-refractivity contribution in [3.8, 4) is 0 Å². The van der Waals surface area contributed by atoms with E-state index in [4.69, 9.17) is 4.74 Å². The van der Waals surface area contributed by atoms with Crippen molar-refractivity contribution in [2.45, 2.75) is 26.8 Å². The van der Waals surface area contributed by atoms with Gasteiger partial charge in [0.1, 0.15) is 11.4 Å². The Hall–Kier alpha value is -3.03. The molecular formula is C23H30N4O4.